The van der Waals surface area contributed by atoms with Gasteiger partial charge in [-0.25, -0.2) is 19.6 Å². The van der Waals surface area contributed by atoms with Gasteiger partial charge in [0.2, 0.25) is 11.8 Å². The van der Waals surface area contributed by atoms with E-state index in [2.05, 4.69) is 67.8 Å². The predicted molar refractivity (Wildman–Crippen MR) is 224 cm³/mol. The van der Waals surface area contributed by atoms with Gasteiger partial charge in [-0.2, -0.15) is 0 Å². The standard InChI is InChI=1S/C46H52N8O8/c1-59-45(57)51-39(26-9-13-61-14-10-26)43(55)53-35-19-31(35)21-37(53)41-47-23-33(49-41)8-4-25-3-5-29-18-30(7-6-28(29)17-25)34-24-48-42(50-34)38-22-32-20-36(32)54(38)44(56)40(52-46(58)60-2)27-11-15-62-16-12-27/h3,5-7,17-18,23-24,26-27,31-32,35-40H,9-16,19-22H2,1-2H3,(H,47,49)(H,48,50)(H,51,57)(H,52,58)/t31-,32-,35-,36-,37+,38+,39?,40?/m1/s1. The molecule has 6 heterocycles. The van der Waals surface area contributed by atoms with Crippen molar-refractivity contribution >= 4 is 34.8 Å². The molecule has 0 spiro atoms. The lowest BCUT2D eigenvalue weighted by Crippen LogP contribution is -2.54. The fourth-order valence-electron chi connectivity index (χ4n) is 10.4. The van der Waals surface area contributed by atoms with Crippen molar-refractivity contribution in [3.63, 3.8) is 0 Å². The average Bonchev–Trinajstić information content (AvgIpc) is 3.90. The highest BCUT2D eigenvalue weighted by Gasteiger charge is 2.58. The SMILES string of the molecule is COC(=O)NC(C(=O)N1[C@@H]2C[C@@H]2C[C@H]1c1ncc(C#Cc2ccc3cc(-c4cnc([C@@H]5C[C@H]6C[C@H]6N5C(=O)C(NC(=O)OC)C5CCOCC5)[nH]4)ccc3c2)[nH]1)C1CCOCC1. The topological polar surface area (TPSA) is 193 Å². The van der Waals surface area contributed by atoms with Gasteiger partial charge in [0.25, 0.3) is 0 Å². The van der Waals surface area contributed by atoms with Crippen LogP contribution in [-0.2, 0) is 28.5 Å². The van der Waals surface area contributed by atoms with Crippen molar-refractivity contribution in [1.82, 2.24) is 40.4 Å². The van der Waals surface area contributed by atoms with Gasteiger partial charge in [-0.3, -0.25) is 9.59 Å². The summed E-state index contributed by atoms with van der Waals surface area (Å²) in [5.74, 6) is 8.57. The Hall–Kier alpha value is -5.92. The van der Waals surface area contributed by atoms with Crippen molar-refractivity contribution < 1.29 is 38.1 Å². The summed E-state index contributed by atoms with van der Waals surface area (Å²) in [6.45, 7) is 2.24. The van der Waals surface area contributed by atoms with E-state index in [9.17, 15) is 19.2 Å². The first-order chi connectivity index (χ1) is 30.3. The number of imidazole rings is 2. The quantitative estimate of drug-likeness (QED) is 0.167. The van der Waals surface area contributed by atoms with Crippen LogP contribution >= 0.6 is 0 Å². The van der Waals surface area contributed by atoms with Crippen LogP contribution in [0.4, 0.5) is 9.59 Å². The van der Waals surface area contributed by atoms with Gasteiger partial charge < -0.3 is 49.3 Å². The van der Waals surface area contributed by atoms with Gasteiger partial charge in [0.05, 0.1) is 44.4 Å². The molecule has 4 aromatic rings. The summed E-state index contributed by atoms with van der Waals surface area (Å²) < 4.78 is 20.9. The number of rotatable bonds is 9. The van der Waals surface area contributed by atoms with Gasteiger partial charge in [-0.05, 0) is 110 Å². The Labute approximate surface area is 359 Å². The third kappa shape index (κ3) is 7.88. The summed E-state index contributed by atoms with van der Waals surface area (Å²) in [5, 5.41) is 7.77. The molecule has 4 saturated heterocycles. The molecule has 2 aromatic carbocycles. The monoisotopic (exact) mass is 844 g/mol. The Morgan fingerprint density at radius 3 is 1.81 bits per heavy atom. The summed E-state index contributed by atoms with van der Waals surface area (Å²) in [7, 11) is 2.63. The number of piperidine rings is 2. The summed E-state index contributed by atoms with van der Waals surface area (Å²) in [6, 6.07) is 10.8. The highest BCUT2D eigenvalue weighted by molar-refractivity contribution is 5.89. The van der Waals surface area contributed by atoms with E-state index < -0.39 is 24.3 Å². The van der Waals surface area contributed by atoms with Crippen LogP contribution in [0.5, 0.6) is 0 Å². The summed E-state index contributed by atoms with van der Waals surface area (Å²) in [6.07, 6.45) is 8.68. The first-order valence-electron chi connectivity index (χ1n) is 21.9. The van der Waals surface area contributed by atoms with E-state index >= 15 is 0 Å². The Morgan fingerprint density at radius 1 is 0.694 bits per heavy atom. The summed E-state index contributed by atoms with van der Waals surface area (Å²) in [4.78, 5) is 73.4. The smallest absolute Gasteiger partial charge is 0.407 e. The maximum atomic E-state index is 14.2. The van der Waals surface area contributed by atoms with Gasteiger partial charge in [0.15, 0.2) is 0 Å². The second kappa shape index (κ2) is 16.7. The lowest BCUT2D eigenvalue weighted by molar-refractivity contribution is -0.138. The number of fused-ring (bicyclic) bond motifs is 3. The van der Waals surface area contributed by atoms with Crippen LogP contribution in [0.2, 0.25) is 0 Å². The number of methoxy groups -OCH3 is 2. The Bertz CT molecular complexity index is 2430. The number of nitrogens with zero attached hydrogens (tertiary/aromatic N) is 4. The minimum absolute atomic E-state index is 0.0266. The summed E-state index contributed by atoms with van der Waals surface area (Å²) in [5.41, 5.74) is 3.35. The maximum Gasteiger partial charge on any atom is 0.407 e. The molecule has 4 aliphatic heterocycles. The number of aromatic amines is 2. The van der Waals surface area contributed by atoms with Gasteiger partial charge in [0.1, 0.15) is 29.4 Å². The zero-order chi connectivity index (χ0) is 42.5. The lowest BCUT2D eigenvalue weighted by atomic mass is 9.90. The molecular weight excluding hydrogens is 793 g/mol. The number of benzene rings is 2. The maximum absolute atomic E-state index is 14.2. The molecule has 8 atom stereocenters. The van der Waals surface area contributed by atoms with E-state index in [0.29, 0.717) is 75.5 Å². The molecule has 2 unspecified atom stereocenters. The van der Waals surface area contributed by atoms with E-state index in [1.165, 1.54) is 14.2 Å². The highest BCUT2D eigenvalue weighted by Crippen LogP contribution is 2.54. The van der Waals surface area contributed by atoms with Crippen molar-refractivity contribution in [2.45, 2.75) is 87.6 Å². The van der Waals surface area contributed by atoms with E-state index in [4.69, 9.17) is 23.9 Å². The van der Waals surface area contributed by atoms with Crippen LogP contribution in [-0.4, -0.2) is 119 Å². The zero-order valence-electron chi connectivity index (χ0n) is 34.9. The predicted octanol–water partition coefficient (Wildman–Crippen LogP) is 4.98. The average molecular weight is 845 g/mol. The molecular formula is C46H52N8O8. The fraction of sp³-hybridized carbons (Fsp3) is 0.522. The molecule has 0 radical (unpaired) electrons. The van der Waals surface area contributed by atoms with Gasteiger partial charge in [-0.15, -0.1) is 0 Å². The third-order valence-corrected chi connectivity index (χ3v) is 14.0. The molecule has 2 saturated carbocycles. The van der Waals surface area contributed by atoms with Crippen LogP contribution in [0.3, 0.4) is 0 Å². The van der Waals surface area contributed by atoms with E-state index in [1.54, 1.807) is 6.20 Å². The van der Waals surface area contributed by atoms with Gasteiger partial charge >= 0.3 is 12.2 Å². The number of nitrogens with one attached hydrogen (secondary N) is 4. The van der Waals surface area contributed by atoms with Crippen molar-refractivity contribution in [3.8, 4) is 23.1 Å². The Morgan fingerprint density at radius 2 is 1.23 bits per heavy atom. The van der Waals surface area contributed by atoms with Crippen molar-refractivity contribution in [3.05, 3.63) is 71.7 Å². The third-order valence-electron chi connectivity index (χ3n) is 14.0. The Kier molecular flexibility index (Phi) is 10.8. The molecule has 4 N–H and O–H groups in total. The number of amides is 4. The first kappa shape index (κ1) is 40.2. The van der Waals surface area contributed by atoms with Gasteiger partial charge in [0, 0.05) is 49.6 Å². The number of H-pyrrole nitrogens is 2. The molecule has 6 fully saturated rings. The van der Waals surface area contributed by atoms with Crippen LogP contribution in [0, 0.1) is 35.5 Å². The first-order valence-corrected chi connectivity index (χ1v) is 21.9. The van der Waals surface area contributed by atoms with Crippen LogP contribution in [0.1, 0.15) is 86.4 Å². The van der Waals surface area contributed by atoms with Crippen LogP contribution < -0.4 is 10.6 Å². The van der Waals surface area contributed by atoms with Crippen molar-refractivity contribution in [2.75, 3.05) is 40.6 Å². The number of hydrogen-bond donors (Lipinski definition) is 4. The molecule has 324 valence electrons. The molecule has 4 amide bonds. The van der Waals surface area contributed by atoms with Gasteiger partial charge in [-0.1, -0.05) is 24.1 Å². The molecule has 62 heavy (non-hydrogen) atoms. The number of carbonyl (C=O) groups excluding carboxylic acids is 4. The number of hydrogen-bond acceptors (Lipinski definition) is 10. The largest absolute Gasteiger partial charge is 0.453 e. The number of aromatic nitrogens is 4. The number of carbonyl (C=O) groups is 4. The lowest BCUT2D eigenvalue weighted by Gasteiger charge is -2.35. The molecule has 2 aliphatic carbocycles. The summed E-state index contributed by atoms with van der Waals surface area (Å²) >= 11 is 0. The second-order valence-electron chi connectivity index (χ2n) is 17.6. The van der Waals surface area contributed by atoms with E-state index in [-0.39, 0.29) is 47.8 Å². The number of ether oxygens (including phenoxy) is 4. The molecule has 16 heteroatoms. The highest BCUT2D eigenvalue weighted by atomic mass is 16.5. The minimum atomic E-state index is -0.686. The van der Waals surface area contributed by atoms with Crippen molar-refractivity contribution in [2.24, 2.45) is 23.7 Å². The van der Waals surface area contributed by atoms with E-state index in [0.717, 1.165) is 59.1 Å². The van der Waals surface area contributed by atoms with Crippen LogP contribution in [0.15, 0.2) is 48.8 Å². The molecule has 2 aromatic heterocycles. The normalized spacial score (nSPS) is 26.4. The van der Waals surface area contributed by atoms with Crippen molar-refractivity contribution in [1.29, 1.82) is 0 Å². The minimum Gasteiger partial charge on any atom is -0.453 e. The zero-order valence-corrected chi connectivity index (χ0v) is 34.9. The molecule has 6 aliphatic rings. The molecule has 0 bridgehead atoms. The van der Waals surface area contributed by atoms with Crippen LogP contribution in [0.25, 0.3) is 22.0 Å². The fourth-order valence-corrected chi connectivity index (χ4v) is 10.4. The molecule has 16 nitrogen and oxygen atoms in total. The Balaban J connectivity index is 0.820. The second-order valence-corrected chi connectivity index (χ2v) is 17.6. The van der Waals surface area contributed by atoms with E-state index in [1.807, 2.05) is 22.1 Å². The molecule has 10 rings (SSSR count). The number of alkyl carbamates (subject to hydrolysis) is 2. The number of likely N-dealkylation sites (tertiary alicyclic amines) is 2.